The van der Waals surface area contributed by atoms with Crippen LogP contribution in [0.5, 0.6) is 11.6 Å². The molecule has 25 heavy (non-hydrogen) atoms. The molecule has 1 aromatic carbocycles. The zero-order valence-electron chi connectivity index (χ0n) is 15.0. The van der Waals surface area contributed by atoms with Crippen LogP contribution in [0.25, 0.3) is 0 Å². The summed E-state index contributed by atoms with van der Waals surface area (Å²) in [5.74, 6) is 1.58. The van der Waals surface area contributed by atoms with E-state index in [2.05, 4.69) is 27.1 Å². The number of unbranched alkanes of at least 4 members (excludes halogenated alkanes) is 1. The Morgan fingerprint density at radius 1 is 1.28 bits per heavy atom. The summed E-state index contributed by atoms with van der Waals surface area (Å²) in [6, 6.07) is 9.65. The third-order valence-electron chi connectivity index (χ3n) is 3.71. The lowest BCUT2D eigenvalue weighted by atomic mass is 10.2. The van der Waals surface area contributed by atoms with Crippen LogP contribution in [0.4, 0.5) is 4.39 Å². The van der Waals surface area contributed by atoms with Gasteiger partial charge in [0.05, 0.1) is 0 Å². The standard InChI is InChI=1S/C19H25FN4O/c1-4-5-12-24(3)19(21-2)23-14-15-10-11-22-18(13-15)25-17-8-6-16(20)7-9-17/h6-11,13H,4-5,12,14H2,1-3H3,(H,21,23). The van der Waals surface area contributed by atoms with Crippen molar-refractivity contribution in [3.8, 4) is 11.6 Å². The predicted octanol–water partition coefficient (Wildman–Crippen LogP) is 3.82. The minimum absolute atomic E-state index is 0.295. The minimum atomic E-state index is -0.295. The van der Waals surface area contributed by atoms with E-state index >= 15 is 0 Å². The van der Waals surface area contributed by atoms with E-state index in [9.17, 15) is 4.39 Å². The highest BCUT2D eigenvalue weighted by molar-refractivity contribution is 5.79. The SMILES string of the molecule is CCCCN(C)C(=NC)NCc1ccnc(Oc2ccc(F)cc2)c1. The molecule has 2 rings (SSSR count). The van der Waals surface area contributed by atoms with Gasteiger partial charge in [-0.1, -0.05) is 13.3 Å². The van der Waals surface area contributed by atoms with E-state index in [-0.39, 0.29) is 5.82 Å². The van der Waals surface area contributed by atoms with Crippen molar-refractivity contribution in [2.45, 2.75) is 26.3 Å². The summed E-state index contributed by atoms with van der Waals surface area (Å²) in [5.41, 5.74) is 1.03. The fourth-order valence-corrected chi connectivity index (χ4v) is 2.31. The number of guanidine groups is 1. The van der Waals surface area contributed by atoms with Crippen LogP contribution in [-0.4, -0.2) is 36.5 Å². The summed E-state index contributed by atoms with van der Waals surface area (Å²) in [5, 5.41) is 3.34. The molecule has 1 aromatic heterocycles. The summed E-state index contributed by atoms with van der Waals surface area (Å²) < 4.78 is 18.6. The molecule has 0 saturated carbocycles. The Balaban J connectivity index is 1.95. The molecule has 1 N–H and O–H groups in total. The quantitative estimate of drug-likeness (QED) is 0.613. The molecule has 0 spiro atoms. The van der Waals surface area contributed by atoms with E-state index in [1.165, 1.54) is 12.1 Å². The van der Waals surface area contributed by atoms with Gasteiger partial charge < -0.3 is 15.0 Å². The number of pyridine rings is 1. The van der Waals surface area contributed by atoms with Crippen LogP contribution >= 0.6 is 0 Å². The van der Waals surface area contributed by atoms with Gasteiger partial charge in [-0.05, 0) is 42.3 Å². The molecule has 2 aromatic rings. The van der Waals surface area contributed by atoms with Crippen LogP contribution in [0.15, 0.2) is 47.6 Å². The van der Waals surface area contributed by atoms with Gasteiger partial charge >= 0.3 is 0 Å². The highest BCUT2D eigenvalue weighted by Gasteiger charge is 2.06. The number of benzene rings is 1. The average Bonchev–Trinajstić information content (AvgIpc) is 2.63. The lowest BCUT2D eigenvalue weighted by Gasteiger charge is -2.21. The van der Waals surface area contributed by atoms with Gasteiger partial charge in [-0.15, -0.1) is 0 Å². The minimum Gasteiger partial charge on any atom is -0.439 e. The van der Waals surface area contributed by atoms with Crippen molar-refractivity contribution in [1.82, 2.24) is 15.2 Å². The highest BCUT2D eigenvalue weighted by Crippen LogP contribution is 2.20. The Labute approximate surface area is 148 Å². The average molecular weight is 344 g/mol. The van der Waals surface area contributed by atoms with E-state index in [1.54, 1.807) is 25.4 Å². The van der Waals surface area contributed by atoms with Gasteiger partial charge in [0, 0.05) is 39.4 Å². The molecule has 6 heteroatoms. The Hall–Kier alpha value is -2.63. The molecule has 0 unspecified atom stereocenters. The van der Waals surface area contributed by atoms with Crippen molar-refractivity contribution in [2.75, 3.05) is 20.6 Å². The molecule has 0 aliphatic rings. The molecule has 0 aliphatic heterocycles. The number of halogens is 1. The maximum absolute atomic E-state index is 12.9. The Morgan fingerprint density at radius 3 is 2.72 bits per heavy atom. The van der Waals surface area contributed by atoms with Gasteiger partial charge in [0.1, 0.15) is 11.6 Å². The molecule has 0 saturated heterocycles. The number of aromatic nitrogens is 1. The monoisotopic (exact) mass is 344 g/mol. The third kappa shape index (κ3) is 6.06. The predicted molar refractivity (Wildman–Crippen MR) is 98.4 cm³/mol. The van der Waals surface area contributed by atoms with Gasteiger partial charge in [0.2, 0.25) is 5.88 Å². The number of hydrogen-bond acceptors (Lipinski definition) is 3. The zero-order valence-corrected chi connectivity index (χ0v) is 15.0. The number of hydrogen-bond donors (Lipinski definition) is 1. The normalized spacial score (nSPS) is 11.3. The fraction of sp³-hybridized carbons (Fsp3) is 0.368. The maximum atomic E-state index is 12.9. The van der Waals surface area contributed by atoms with Crippen LogP contribution in [0.2, 0.25) is 0 Å². The van der Waals surface area contributed by atoms with E-state index in [0.29, 0.717) is 18.2 Å². The van der Waals surface area contributed by atoms with Crippen molar-refractivity contribution in [3.63, 3.8) is 0 Å². The third-order valence-corrected chi connectivity index (χ3v) is 3.71. The summed E-state index contributed by atoms with van der Waals surface area (Å²) >= 11 is 0. The van der Waals surface area contributed by atoms with Crippen LogP contribution in [0.3, 0.4) is 0 Å². The topological polar surface area (TPSA) is 49.8 Å². The van der Waals surface area contributed by atoms with Crippen LogP contribution in [0.1, 0.15) is 25.3 Å². The lowest BCUT2D eigenvalue weighted by Crippen LogP contribution is -2.38. The van der Waals surface area contributed by atoms with Crippen LogP contribution in [-0.2, 0) is 6.54 Å². The molecular formula is C19H25FN4O. The second-order valence-corrected chi connectivity index (χ2v) is 5.73. The number of nitrogens with one attached hydrogen (secondary N) is 1. The Morgan fingerprint density at radius 2 is 2.04 bits per heavy atom. The van der Waals surface area contributed by atoms with Crippen molar-refractivity contribution < 1.29 is 9.13 Å². The number of rotatable bonds is 7. The summed E-state index contributed by atoms with van der Waals surface area (Å²) in [6.07, 6.45) is 3.97. The van der Waals surface area contributed by atoms with Gasteiger partial charge in [0.15, 0.2) is 5.96 Å². The fourth-order valence-electron chi connectivity index (χ4n) is 2.31. The maximum Gasteiger partial charge on any atom is 0.219 e. The van der Waals surface area contributed by atoms with E-state index in [1.807, 2.05) is 19.2 Å². The first-order valence-electron chi connectivity index (χ1n) is 8.42. The second-order valence-electron chi connectivity index (χ2n) is 5.73. The highest BCUT2D eigenvalue weighted by atomic mass is 19.1. The molecule has 0 radical (unpaired) electrons. The van der Waals surface area contributed by atoms with Crippen molar-refractivity contribution in [3.05, 3.63) is 54.0 Å². The lowest BCUT2D eigenvalue weighted by molar-refractivity contribution is 0.458. The van der Waals surface area contributed by atoms with Crippen molar-refractivity contribution >= 4 is 5.96 Å². The van der Waals surface area contributed by atoms with Crippen LogP contribution in [0, 0.1) is 5.82 Å². The largest absolute Gasteiger partial charge is 0.439 e. The van der Waals surface area contributed by atoms with Gasteiger partial charge in [-0.2, -0.15) is 0 Å². The molecular weight excluding hydrogens is 319 g/mol. The van der Waals surface area contributed by atoms with Crippen LogP contribution < -0.4 is 10.1 Å². The Kier molecular flexibility index (Phi) is 7.19. The van der Waals surface area contributed by atoms with Crippen molar-refractivity contribution in [1.29, 1.82) is 0 Å². The molecule has 0 bridgehead atoms. The molecule has 0 aliphatic carbocycles. The van der Waals surface area contributed by atoms with Gasteiger partial charge in [0.25, 0.3) is 0 Å². The van der Waals surface area contributed by atoms with E-state index < -0.39 is 0 Å². The second kappa shape index (κ2) is 9.61. The first kappa shape index (κ1) is 18.7. The Bertz CT molecular complexity index is 688. The molecule has 1 heterocycles. The number of ether oxygens (including phenoxy) is 1. The van der Waals surface area contributed by atoms with Crippen molar-refractivity contribution in [2.24, 2.45) is 4.99 Å². The molecule has 0 atom stereocenters. The van der Waals surface area contributed by atoms with E-state index in [4.69, 9.17) is 4.74 Å². The first-order chi connectivity index (χ1) is 12.1. The van der Waals surface area contributed by atoms with E-state index in [0.717, 1.165) is 30.9 Å². The van der Waals surface area contributed by atoms with Gasteiger partial charge in [-0.25, -0.2) is 9.37 Å². The molecule has 134 valence electrons. The molecule has 5 nitrogen and oxygen atoms in total. The number of aliphatic imine (C=N–C) groups is 1. The molecule has 0 amide bonds. The summed E-state index contributed by atoms with van der Waals surface area (Å²) in [6.45, 7) is 3.75. The smallest absolute Gasteiger partial charge is 0.219 e. The zero-order chi connectivity index (χ0) is 18.1. The van der Waals surface area contributed by atoms with Gasteiger partial charge in [-0.3, -0.25) is 4.99 Å². The number of nitrogens with zero attached hydrogens (tertiary/aromatic N) is 3. The molecule has 0 fully saturated rings. The summed E-state index contributed by atoms with van der Waals surface area (Å²) in [4.78, 5) is 10.6. The first-order valence-corrected chi connectivity index (χ1v) is 8.42. The summed E-state index contributed by atoms with van der Waals surface area (Å²) in [7, 11) is 3.81.